The van der Waals surface area contributed by atoms with Crippen LogP contribution in [0.1, 0.15) is 75.3 Å². The Bertz CT molecular complexity index is 1300. The number of unbranched alkanes of at least 4 members (excludes halogenated alkanes) is 3. The van der Waals surface area contributed by atoms with Crippen LogP contribution in [0, 0.1) is 0 Å². The number of amides is 5. The molecule has 47 heavy (non-hydrogen) atoms. The average molecular weight is 664 g/mol. The molecule has 2 aromatic carbocycles. The van der Waals surface area contributed by atoms with Gasteiger partial charge in [-0.1, -0.05) is 67.1 Å². The van der Waals surface area contributed by atoms with Crippen molar-refractivity contribution in [2.75, 3.05) is 12.3 Å². The summed E-state index contributed by atoms with van der Waals surface area (Å²) in [6.45, 7) is 0.509. The van der Waals surface area contributed by atoms with Crippen molar-refractivity contribution in [1.82, 2.24) is 26.6 Å². The smallest absolute Gasteiger partial charge is 0.315 e. The van der Waals surface area contributed by atoms with E-state index in [2.05, 4.69) is 38.7 Å². The lowest BCUT2D eigenvalue weighted by atomic mass is 10.0. The molecule has 0 spiro atoms. The molecule has 10 nitrogen and oxygen atoms in total. The Hall–Kier alpha value is -3.86. The van der Waals surface area contributed by atoms with Gasteiger partial charge in [-0.15, -0.1) is 0 Å². The van der Waals surface area contributed by atoms with Gasteiger partial charge in [-0.3, -0.25) is 14.4 Å². The molecule has 254 valence electrons. The maximum Gasteiger partial charge on any atom is 0.315 e. The van der Waals surface area contributed by atoms with Crippen molar-refractivity contribution in [3.63, 3.8) is 0 Å². The molecule has 0 aliphatic carbocycles. The van der Waals surface area contributed by atoms with E-state index in [9.17, 15) is 24.0 Å². The van der Waals surface area contributed by atoms with Crippen molar-refractivity contribution in [3.05, 3.63) is 71.8 Å². The average Bonchev–Trinajstić information content (AvgIpc) is 3.64. The number of aryl methyl sites for hydroxylation is 1. The van der Waals surface area contributed by atoms with Gasteiger partial charge in [0.05, 0.1) is 18.1 Å². The Morgan fingerprint density at radius 2 is 1.53 bits per heavy atom. The van der Waals surface area contributed by atoms with Crippen molar-refractivity contribution in [1.29, 1.82) is 0 Å². The standard InChI is InChI=1S/C36H49N5O5S/c42-24-28(18-11-12-22-37-32(43)20-10-8-19-31-34-30(25-47-31)40-36(46)41-34)38-35(45)29(23-27-16-5-2-6-17-27)39-33(44)21-9-7-15-26-13-3-1-4-14-26/h1-6,13-14,16-17,24,28-31,34H,7-12,15,18-23,25H2,(H,37,43)(H,38,45)(H,39,44)(H2,40,41,46)/t28-,29-,30?,31?,34?/m0/s1. The Morgan fingerprint density at radius 3 is 2.28 bits per heavy atom. The third kappa shape index (κ3) is 12.7. The molecule has 11 heteroatoms. The molecule has 2 heterocycles. The molecule has 5 N–H and O–H groups in total. The number of benzene rings is 2. The van der Waals surface area contributed by atoms with Crippen LogP contribution in [0.25, 0.3) is 0 Å². The second-order valence-corrected chi connectivity index (χ2v) is 13.7. The van der Waals surface area contributed by atoms with E-state index in [1.165, 1.54) is 5.56 Å². The number of hydrogen-bond acceptors (Lipinski definition) is 6. The van der Waals surface area contributed by atoms with Crippen molar-refractivity contribution >= 4 is 41.8 Å². The lowest BCUT2D eigenvalue weighted by molar-refractivity contribution is -0.130. The van der Waals surface area contributed by atoms with Crippen LogP contribution in [0.15, 0.2) is 60.7 Å². The number of rotatable bonds is 21. The van der Waals surface area contributed by atoms with Gasteiger partial charge in [0.15, 0.2) is 0 Å². The topological polar surface area (TPSA) is 146 Å². The summed E-state index contributed by atoms with van der Waals surface area (Å²) in [5.41, 5.74) is 2.15. The molecule has 2 aliphatic rings. The zero-order valence-corrected chi connectivity index (χ0v) is 27.9. The van der Waals surface area contributed by atoms with Gasteiger partial charge < -0.3 is 31.4 Å². The normalized spacial score (nSPS) is 19.5. The van der Waals surface area contributed by atoms with Gasteiger partial charge in [0.25, 0.3) is 0 Å². The molecule has 2 aromatic rings. The van der Waals surface area contributed by atoms with Crippen LogP contribution in [0.5, 0.6) is 0 Å². The number of urea groups is 1. The zero-order valence-electron chi connectivity index (χ0n) is 27.1. The van der Waals surface area contributed by atoms with Crippen LogP contribution in [0.2, 0.25) is 0 Å². The van der Waals surface area contributed by atoms with E-state index in [4.69, 9.17) is 0 Å². The van der Waals surface area contributed by atoms with Gasteiger partial charge in [-0.25, -0.2) is 4.79 Å². The van der Waals surface area contributed by atoms with Crippen molar-refractivity contribution in [3.8, 4) is 0 Å². The molecular formula is C36H49N5O5S. The highest BCUT2D eigenvalue weighted by atomic mass is 32.2. The SMILES string of the molecule is O=C[C@H](CCCCNC(=O)CCCCC1SCC2NC(=O)NC21)NC(=O)[C@H](Cc1ccccc1)NC(=O)CCCCc1ccccc1. The molecule has 0 radical (unpaired) electrons. The summed E-state index contributed by atoms with van der Waals surface area (Å²) in [6, 6.07) is 18.5. The lowest BCUT2D eigenvalue weighted by Crippen LogP contribution is -2.51. The predicted molar refractivity (Wildman–Crippen MR) is 185 cm³/mol. The number of nitrogens with one attached hydrogen (secondary N) is 5. The van der Waals surface area contributed by atoms with Gasteiger partial charge >= 0.3 is 6.03 Å². The number of carbonyl (C=O) groups excluding carboxylic acids is 5. The monoisotopic (exact) mass is 663 g/mol. The third-order valence-electron chi connectivity index (χ3n) is 8.73. The van der Waals surface area contributed by atoms with Crippen molar-refractivity contribution in [2.24, 2.45) is 0 Å². The van der Waals surface area contributed by atoms with Crippen LogP contribution in [0.3, 0.4) is 0 Å². The third-order valence-corrected chi connectivity index (χ3v) is 10.2. The first-order valence-electron chi connectivity index (χ1n) is 17.0. The molecule has 5 atom stereocenters. The summed E-state index contributed by atoms with van der Waals surface area (Å²) in [5, 5.41) is 15.0. The zero-order chi connectivity index (χ0) is 33.3. The van der Waals surface area contributed by atoms with Gasteiger partial charge in [-0.2, -0.15) is 11.8 Å². The number of thioether (sulfide) groups is 1. The minimum Gasteiger partial charge on any atom is -0.356 e. The molecule has 2 saturated heterocycles. The van der Waals surface area contributed by atoms with Crippen LogP contribution in [0.4, 0.5) is 4.79 Å². The predicted octanol–water partition coefficient (Wildman–Crippen LogP) is 3.82. The van der Waals surface area contributed by atoms with E-state index in [1.807, 2.05) is 60.3 Å². The van der Waals surface area contributed by atoms with Gasteiger partial charge in [0, 0.05) is 36.8 Å². The Labute approximate surface area is 282 Å². The fourth-order valence-corrected chi connectivity index (χ4v) is 7.67. The quantitative estimate of drug-likeness (QED) is 0.0780. The first kappa shape index (κ1) is 36.0. The summed E-state index contributed by atoms with van der Waals surface area (Å²) in [6.07, 6.45) is 8.84. The summed E-state index contributed by atoms with van der Waals surface area (Å²) < 4.78 is 0. The lowest BCUT2D eigenvalue weighted by Gasteiger charge is -2.21. The summed E-state index contributed by atoms with van der Waals surface area (Å²) >= 11 is 1.88. The van der Waals surface area contributed by atoms with Crippen LogP contribution in [-0.4, -0.2) is 71.8 Å². The maximum absolute atomic E-state index is 13.3. The van der Waals surface area contributed by atoms with Crippen LogP contribution >= 0.6 is 11.8 Å². The molecule has 0 bridgehead atoms. The molecule has 0 saturated carbocycles. The fraction of sp³-hybridized carbons (Fsp3) is 0.528. The molecule has 4 rings (SSSR count). The molecule has 0 aromatic heterocycles. The van der Waals surface area contributed by atoms with Crippen LogP contribution in [-0.2, 0) is 32.0 Å². The van der Waals surface area contributed by atoms with E-state index in [-0.39, 0.29) is 35.8 Å². The van der Waals surface area contributed by atoms with E-state index in [1.54, 1.807) is 0 Å². The highest BCUT2D eigenvalue weighted by molar-refractivity contribution is 8.00. The van der Waals surface area contributed by atoms with Crippen LogP contribution < -0.4 is 26.6 Å². The minimum absolute atomic E-state index is 0.0117. The number of carbonyl (C=O) groups is 5. The van der Waals surface area contributed by atoms with E-state index < -0.39 is 12.1 Å². The molecular weight excluding hydrogens is 614 g/mol. The highest BCUT2D eigenvalue weighted by Crippen LogP contribution is 2.33. The number of fused-ring (bicyclic) bond motifs is 1. The second-order valence-electron chi connectivity index (χ2n) is 12.5. The van der Waals surface area contributed by atoms with Gasteiger partial charge in [-0.05, 0) is 62.5 Å². The van der Waals surface area contributed by atoms with E-state index >= 15 is 0 Å². The molecule has 2 aliphatic heterocycles. The maximum atomic E-state index is 13.3. The highest BCUT2D eigenvalue weighted by Gasteiger charge is 2.42. The summed E-state index contributed by atoms with van der Waals surface area (Å²) in [5.74, 6) is 0.384. The van der Waals surface area contributed by atoms with Crippen molar-refractivity contribution in [2.45, 2.75) is 106 Å². The minimum atomic E-state index is -0.789. The molecule has 5 amide bonds. The first-order chi connectivity index (χ1) is 22.9. The second kappa shape index (κ2) is 19.7. The first-order valence-corrected chi connectivity index (χ1v) is 18.0. The van der Waals surface area contributed by atoms with Gasteiger partial charge in [0.1, 0.15) is 12.3 Å². The summed E-state index contributed by atoms with van der Waals surface area (Å²) in [7, 11) is 0. The Balaban J connectivity index is 1.11. The van der Waals surface area contributed by atoms with Gasteiger partial charge in [0.2, 0.25) is 17.7 Å². The fourth-order valence-electron chi connectivity index (χ4n) is 6.12. The van der Waals surface area contributed by atoms with Crippen molar-refractivity contribution < 1.29 is 24.0 Å². The molecule has 2 fully saturated rings. The van der Waals surface area contributed by atoms with E-state index in [0.29, 0.717) is 56.7 Å². The van der Waals surface area contributed by atoms with E-state index in [0.717, 1.165) is 49.7 Å². The summed E-state index contributed by atoms with van der Waals surface area (Å²) in [4.78, 5) is 61.7. The number of aldehydes is 1. The Kier molecular flexibility index (Phi) is 15.1. The Morgan fingerprint density at radius 1 is 0.830 bits per heavy atom. The largest absolute Gasteiger partial charge is 0.356 e. The number of hydrogen-bond donors (Lipinski definition) is 5. The molecule has 3 unspecified atom stereocenters.